The fraction of sp³-hybridized carbons (Fsp3) is 0.474. The molecule has 29 heavy (non-hydrogen) atoms. The maximum atomic E-state index is 13.2. The van der Waals surface area contributed by atoms with Gasteiger partial charge in [-0.2, -0.15) is 9.29 Å². The lowest BCUT2D eigenvalue weighted by Gasteiger charge is -2.34. The Bertz CT molecular complexity index is 1010. The summed E-state index contributed by atoms with van der Waals surface area (Å²) in [5, 5.41) is 0.396. The van der Waals surface area contributed by atoms with Crippen LogP contribution in [0.2, 0.25) is 5.02 Å². The molecule has 0 bridgehead atoms. The summed E-state index contributed by atoms with van der Waals surface area (Å²) < 4.78 is 33.2. The van der Waals surface area contributed by atoms with Crippen LogP contribution < -0.4 is 14.5 Å². The van der Waals surface area contributed by atoms with Gasteiger partial charge in [0.1, 0.15) is 16.5 Å². The third-order valence-electron chi connectivity index (χ3n) is 4.87. The minimum Gasteiger partial charge on any atom is -0.495 e. The first-order valence-electron chi connectivity index (χ1n) is 9.25. The van der Waals surface area contributed by atoms with E-state index in [1.54, 1.807) is 6.07 Å². The van der Waals surface area contributed by atoms with E-state index in [0.29, 0.717) is 42.9 Å². The summed E-state index contributed by atoms with van der Waals surface area (Å²) in [5.41, 5.74) is 1.63. The Hall–Kier alpha value is -2.10. The topological polar surface area (TPSA) is 78.9 Å². The first-order chi connectivity index (χ1) is 13.6. The highest BCUT2D eigenvalue weighted by Crippen LogP contribution is 2.32. The van der Waals surface area contributed by atoms with E-state index in [1.165, 1.54) is 17.5 Å². The third-order valence-corrected chi connectivity index (χ3v) is 7.20. The number of halogens is 1. The van der Waals surface area contributed by atoms with Crippen LogP contribution in [-0.2, 0) is 10.0 Å². The van der Waals surface area contributed by atoms with Crippen molar-refractivity contribution in [1.29, 1.82) is 0 Å². The summed E-state index contributed by atoms with van der Waals surface area (Å²) in [7, 11) is 1.58. The Labute approximate surface area is 177 Å². The molecule has 1 aromatic heterocycles. The fourth-order valence-corrected chi connectivity index (χ4v) is 4.99. The molecular weight excluding hydrogens is 414 g/mol. The molecule has 2 aromatic rings. The maximum Gasteiger partial charge on any atom is 0.246 e. The summed E-state index contributed by atoms with van der Waals surface area (Å²) >= 11 is 6.18. The molecule has 1 fully saturated rings. The number of anilines is 2. The van der Waals surface area contributed by atoms with Gasteiger partial charge in [-0.1, -0.05) is 11.6 Å². The van der Waals surface area contributed by atoms with E-state index >= 15 is 0 Å². The molecule has 0 spiro atoms. The van der Waals surface area contributed by atoms with Gasteiger partial charge in [-0.3, -0.25) is 0 Å². The van der Waals surface area contributed by atoms with Gasteiger partial charge in [-0.15, -0.1) is 0 Å². The smallest absolute Gasteiger partial charge is 0.246 e. The molecule has 10 heteroatoms. The molecule has 0 unspecified atom stereocenters. The Kier molecular flexibility index (Phi) is 6.21. The first kappa shape index (κ1) is 21.6. The van der Waals surface area contributed by atoms with Crippen LogP contribution in [0.5, 0.6) is 5.75 Å². The lowest BCUT2D eigenvalue weighted by atomic mass is 10.2. The Morgan fingerprint density at radius 2 is 1.72 bits per heavy atom. The lowest BCUT2D eigenvalue weighted by Crippen LogP contribution is -2.49. The highest BCUT2D eigenvalue weighted by molar-refractivity contribution is 7.89. The number of nitrogens with zero attached hydrogens (tertiary/aromatic N) is 5. The van der Waals surface area contributed by atoms with Gasteiger partial charge in [0.15, 0.2) is 0 Å². The predicted molar refractivity (Wildman–Crippen MR) is 115 cm³/mol. The van der Waals surface area contributed by atoms with Gasteiger partial charge in [0.25, 0.3) is 0 Å². The Morgan fingerprint density at radius 3 is 2.31 bits per heavy atom. The number of methoxy groups -OCH3 is 1. The Balaban J connectivity index is 1.81. The average Bonchev–Trinajstić information content (AvgIpc) is 2.69. The lowest BCUT2D eigenvalue weighted by molar-refractivity contribution is 0.372. The van der Waals surface area contributed by atoms with Gasteiger partial charge in [0, 0.05) is 57.1 Å². The highest BCUT2D eigenvalue weighted by Gasteiger charge is 2.32. The number of piperazine rings is 1. The van der Waals surface area contributed by atoms with Gasteiger partial charge in [-0.25, -0.2) is 13.4 Å². The first-order valence-corrected chi connectivity index (χ1v) is 11.1. The molecule has 1 aliphatic heterocycles. The fourth-order valence-electron chi connectivity index (χ4n) is 3.17. The van der Waals surface area contributed by atoms with Crippen LogP contribution in [0.4, 0.5) is 11.8 Å². The number of ether oxygens (including phenoxy) is 1. The van der Waals surface area contributed by atoms with Crippen LogP contribution in [0.3, 0.4) is 0 Å². The minimum atomic E-state index is -3.73. The number of aryl methyl sites for hydroxylation is 2. The van der Waals surface area contributed by atoms with E-state index in [0.717, 1.165) is 17.1 Å². The largest absolute Gasteiger partial charge is 0.495 e. The second-order valence-electron chi connectivity index (χ2n) is 7.21. The van der Waals surface area contributed by atoms with Crippen molar-refractivity contribution in [3.8, 4) is 5.75 Å². The van der Waals surface area contributed by atoms with E-state index in [1.807, 2.05) is 43.8 Å². The molecule has 3 rings (SSSR count). The van der Waals surface area contributed by atoms with Crippen LogP contribution in [0, 0.1) is 13.8 Å². The number of sulfonamides is 1. The molecule has 0 radical (unpaired) electrons. The number of hydrogen-bond acceptors (Lipinski definition) is 7. The monoisotopic (exact) mass is 439 g/mol. The normalized spacial score (nSPS) is 15.4. The summed E-state index contributed by atoms with van der Waals surface area (Å²) in [6, 6.07) is 5.02. The minimum absolute atomic E-state index is 0.0887. The molecule has 1 saturated heterocycles. The SMILES string of the molecule is COc1cc(C)c(Cl)cc1S(=O)(=O)N1CCN(c2nc(C)cc(N(C)C)n2)CC1. The maximum absolute atomic E-state index is 13.2. The zero-order chi connectivity index (χ0) is 21.3. The van der Waals surface area contributed by atoms with Crippen molar-refractivity contribution in [2.45, 2.75) is 18.7 Å². The second-order valence-corrected chi connectivity index (χ2v) is 9.52. The van der Waals surface area contributed by atoms with Crippen molar-refractivity contribution in [3.63, 3.8) is 0 Å². The molecular formula is C19H26ClN5O3S. The zero-order valence-electron chi connectivity index (χ0n) is 17.3. The molecule has 158 valence electrons. The summed E-state index contributed by atoms with van der Waals surface area (Å²) in [4.78, 5) is 13.1. The van der Waals surface area contributed by atoms with E-state index in [4.69, 9.17) is 16.3 Å². The highest BCUT2D eigenvalue weighted by atomic mass is 35.5. The summed E-state index contributed by atoms with van der Waals surface area (Å²) in [5.74, 6) is 1.73. The van der Waals surface area contributed by atoms with Crippen LogP contribution in [0.1, 0.15) is 11.3 Å². The van der Waals surface area contributed by atoms with Crippen LogP contribution in [0.25, 0.3) is 0 Å². The molecule has 2 heterocycles. The van der Waals surface area contributed by atoms with Crippen molar-refractivity contribution in [1.82, 2.24) is 14.3 Å². The standard InChI is InChI=1S/C19H26ClN5O3S/c1-13-10-16(28-5)17(12-15(13)20)29(26,27)25-8-6-24(7-9-25)19-21-14(2)11-18(22-19)23(3)4/h10-12H,6-9H2,1-5H3. The van der Waals surface area contributed by atoms with Crippen molar-refractivity contribution in [2.24, 2.45) is 0 Å². The van der Waals surface area contributed by atoms with Crippen LogP contribution in [-0.4, -0.2) is 70.1 Å². The van der Waals surface area contributed by atoms with Crippen molar-refractivity contribution < 1.29 is 13.2 Å². The zero-order valence-corrected chi connectivity index (χ0v) is 18.9. The molecule has 1 aliphatic rings. The van der Waals surface area contributed by atoms with Crippen molar-refractivity contribution >= 4 is 33.4 Å². The molecule has 0 atom stereocenters. The van der Waals surface area contributed by atoms with Gasteiger partial charge >= 0.3 is 0 Å². The molecule has 8 nitrogen and oxygen atoms in total. The molecule has 0 N–H and O–H groups in total. The van der Waals surface area contributed by atoms with Crippen molar-refractivity contribution in [3.05, 3.63) is 34.5 Å². The van der Waals surface area contributed by atoms with Crippen LogP contribution >= 0.6 is 11.6 Å². The van der Waals surface area contributed by atoms with E-state index in [9.17, 15) is 8.42 Å². The quantitative estimate of drug-likeness (QED) is 0.707. The van der Waals surface area contributed by atoms with Crippen molar-refractivity contribution in [2.75, 3.05) is 57.2 Å². The van der Waals surface area contributed by atoms with Gasteiger partial charge in [0.05, 0.1) is 7.11 Å². The van der Waals surface area contributed by atoms with E-state index in [2.05, 4.69) is 9.97 Å². The number of aromatic nitrogens is 2. The third kappa shape index (κ3) is 4.41. The summed E-state index contributed by atoms with van der Waals surface area (Å²) in [6.07, 6.45) is 0. The van der Waals surface area contributed by atoms with Gasteiger partial charge in [-0.05, 0) is 31.5 Å². The molecule has 0 amide bonds. The molecule has 0 saturated carbocycles. The number of benzene rings is 1. The Morgan fingerprint density at radius 1 is 1.07 bits per heavy atom. The van der Waals surface area contributed by atoms with Crippen LogP contribution in [0.15, 0.2) is 23.1 Å². The summed E-state index contributed by atoms with van der Waals surface area (Å²) in [6.45, 7) is 5.38. The number of hydrogen-bond donors (Lipinski definition) is 0. The van der Waals surface area contributed by atoms with E-state index < -0.39 is 10.0 Å². The van der Waals surface area contributed by atoms with E-state index in [-0.39, 0.29) is 4.90 Å². The molecule has 1 aromatic carbocycles. The average molecular weight is 440 g/mol. The number of rotatable bonds is 5. The van der Waals surface area contributed by atoms with Gasteiger partial charge in [0.2, 0.25) is 16.0 Å². The predicted octanol–water partition coefficient (Wildman–Crippen LogP) is 2.33. The van der Waals surface area contributed by atoms with Gasteiger partial charge < -0.3 is 14.5 Å². The molecule has 0 aliphatic carbocycles. The second kappa shape index (κ2) is 8.33.